The first-order valence-corrected chi connectivity index (χ1v) is 10.7. The summed E-state index contributed by atoms with van der Waals surface area (Å²) in [5.74, 6) is -0.815. The highest BCUT2D eigenvalue weighted by atomic mass is 19.1. The summed E-state index contributed by atoms with van der Waals surface area (Å²) < 4.78 is 15.8. The molecule has 0 unspecified atom stereocenters. The van der Waals surface area contributed by atoms with E-state index in [2.05, 4.69) is 36.2 Å². The smallest absolute Gasteiger partial charge is 0.275 e. The first-order chi connectivity index (χ1) is 14.9. The van der Waals surface area contributed by atoms with E-state index in [0.717, 1.165) is 5.56 Å². The second kappa shape index (κ2) is 7.39. The summed E-state index contributed by atoms with van der Waals surface area (Å²) >= 11 is 0. The lowest BCUT2D eigenvalue weighted by Gasteiger charge is -2.40. The molecule has 1 fully saturated rings. The van der Waals surface area contributed by atoms with Crippen LogP contribution in [0.15, 0.2) is 30.5 Å². The first kappa shape index (κ1) is 21.9. The van der Waals surface area contributed by atoms with Crippen molar-refractivity contribution in [3.8, 4) is 11.3 Å². The lowest BCUT2D eigenvalue weighted by Crippen LogP contribution is -2.63. The number of benzene rings is 1. The minimum Gasteiger partial charge on any atom is -0.352 e. The van der Waals surface area contributed by atoms with Crippen molar-refractivity contribution in [3.05, 3.63) is 53.1 Å². The molecule has 7 nitrogen and oxygen atoms in total. The van der Waals surface area contributed by atoms with Gasteiger partial charge in [0, 0.05) is 24.2 Å². The minimum atomic E-state index is -0.976. The maximum Gasteiger partial charge on any atom is 0.275 e. The molecule has 0 bridgehead atoms. The number of imidazole rings is 1. The van der Waals surface area contributed by atoms with E-state index in [0.29, 0.717) is 35.6 Å². The highest BCUT2D eigenvalue weighted by molar-refractivity contribution is 5.99. The Morgan fingerprint density at radius 1 is 1.22 bits per heavy atom. The summed E-state index contributed by atoms with van der Waals surface area (Å²) in [5, 5.41) is 7.42. The van der Waals surface area contributed by atoms with Crippen molar-refractivity contribution in [2.75, 3.05) is 13.1 Å². The fourth-order valence-corrected chi connectivity index (χ4v) is 3.92. The minimum absolute atomic E-state index is 0.196. The molecule has 0 aliphatic carbocycles. The summed E-state index contributed by atoms with van der Waals surface area (Å²) in [7, 11) is 0. The normalized spacial score (nSPS) is 16.3. The standard InChI is InChI=1S/C24H28FN5O2/c1-14-7-8-15(11-17(14)25)18-12-16(23(2,3)4)20-27-19(13-30(20)28-18)21(31)29-10-9-26-22(32)24(29,5)6/h7-8,11-13H,9-10H2,1-6H3,(H,26,32). The quantitative estimate of drug-likeness (QED) is 0.666. The highest BCUT2D eigenvalue weighted by Gasteiger charge is 2.41. The third-order valence-corrected chi connectivity index (χ3v) is 6.02. The van der Waals surface area contributed by atoms with Crippen LogP contribution in [0.1, 0.15) is 56.2 Å². The average Bonchev–Trinajstić information content (AvgIpc) is 3.14. The zero-order chi connectivity index (χ0) is 23.4. The number of carbonyl (C=O) groups excluding carboxylic acids is 2. The van der Waals surface area contributed by atoms with Crippen molar-refractivity contribution in [1.82, 2.24) is 24.8 Å². The molecular weight excluding hydrogens is 409 g/mol. The number of aromatic nitrogens is 3. The molecule has 1 aliphatic heterocycles. The Kier molecular flexibility index (Phi) is 5.07. The highest BCUT2D eigenvalue weighted by Crippen LogP contribution is 2.31. The predicted octanol–water partition coefficient (Wildman–Crippen LogP) is 3.49. The fourth-order valence-electron chi connectivity index (χ4n) is 3.92. The lowest BCUT2D eigenvalue weighted by molar-refractivity contribution is -0.133. The maximum absolute atomic E-state index is 14.2. The van der Waals surface area contributed by atoms with Gasteiger partial charge in [-0.15, -0.1) is 0 Å². The van der Waals surface area contributed by atoms with Crippen LogP contribution in [0.5, 0.6) is 0 Å². The summed E-state index contributed by atoms with van der Waals surface area (Å²) in [6.07, 6.45) is 1.59. The van der Waals surface area contributed by atoms with Gasteiger partial charge in [0.1, 0.15) is 17.1 Å². The van der Waals surface area contributed by atoms with Crippen molar-refractivity contribution in [3.63, 3.8) is 0 Å². The maximum atomic E-state index is 14.2. The molecule has 3 heterocycles. The van der Waals surface area contributed by atoms with Gasteiger partial charge < -0.3 is 10.2 Å². The molecule has 1 N–H and O–H groups in total. The molecule has 1 saturated heterocycles. The number of amides is 2. The molecule has 4 rings (SSSR count). The number of aryl methyl sites for hydroxylation is 1. The molecule has 0 saturated carbocycles. The molecule has 0 spiro atoms. The molecule has 32 heavy (non-hydrogen) atoms. The van der Waals surface area contributed by atoms with Gasteiger partial charge in [-0.25, -0.2) is 13.9 Å². The van der Waals surface area contributed by atoms with Gasteiger partial charge in [0.15, 0.2) is 5.65 Å². The van der Waals surface area contributed by atoms with E-state index in [4.69, 9.17) is 0 Å². The summed E-state index contributed by atoms with van der Waals surface area (Å²) in [4.78, 5) is 31.8. The van der Waals surface area contributed by atoms with E-state index in [-0.39, 0.29) is 28.7 Å². The molecule has 3 aromatic rings. The monoisotopic (exact) mass is 437 g/mol. The van der Waals surface area contributed by atoms with Crippen molar-refractivity contribution in [2.24, 2.45) is 0 Å². The van der Waals surface area contributed by atoms with Crippen molar-refractivity contribution >= 4 is 17.5 Å². The predicted molar refractivity (Wildman–Crippen MR) is 120 cm³/mol. The number of fused-ring (bicyclic) bond motifs is 1. The van der Waals surface area contributed by atoms with E-state index >= 15 is 0 Å². The number of hydrogen-bond donors (Lipinski definition) is 1. The van der Waals surface area contributed by atoms with Crippen molar-refractivity contribution in [2.45, 2.75) is 52.5 Å². The van der Waals surface area contributed by atoms with Gasteiger partial charge in [-0.1, -0.05) is 32.9 Å². The molecule has 1 aliphatic rings. The Hall–Kier alpha value is -3.29. The Labute approximate surface area is 186 Å². The van der Waals surface area contributed by atoms with Crippen LogP contribution in [0, 0.1) is 12.7 Å². The van der Waals surface area contributed by atoms with Crippen molar-refractivity contribution < 1.29 is 14.0 Å². The van der Waals surface area contributed by atoms with E-state index in [1.807, 2.05) is 12.1 Å². The zero-order valence-electron chi connectivity index (χ0n) is 19.3. The van der Waals surface area contributed by atoms with E-state index in [1.165, 1.54) is 6.07 Å². The Balaban J connectivity index is 1.85. The van der Waals surface area contributed by atoms with Gasteiger partial charge in [-0.2, -0.15) is 5.10 Å². The van der Waals surface area contributed by atoms with Crippen LogP contribution >= 0.6 is 0 Å². The molecular formula is C24H28FN5O2. The molecule has 0 atom stereocenters. The van der Waals surface area contributed by atoms with E-state index in [9.17, 15) is 14.0 Å². The second-order valence-corrected chi connectivity index (χ2v) is 9.82. The van der Waals surface area contributed by atoms with Gasteiger partial charge in [-0.05, 0) is 43.9 Å². The second-order valence-electron chi connectivity index (χ2n) is 9.82. The summed E-state index contributed by atoms with van der Waals surface area (Å²) in [5.41, 5.74) is 2.21. The Morgan fingerprint density at radius 3 is 2.59 bits per heavy atom. The van der Waals surface area contributed by atoms with E-state index < -0.39 is 5.54 Å². The van der Waals surface area contributed by atoms with Gasteiger partial charge in [-0.3, -0.25) is 9.59 Å². The SMILES string of the molecule is Cc1ccc(-c2cc(C(C)(C)C)c3nc(C(=O)N4CCNC(=O)C4(C)C)cn3n2)cc1F. The topological polar surface area (TPSA) is 79.6 Å². The fraction of sp³-hybridized carbons (Fsp3) is 0.417. The largest absolute Gasteiger partial charge is 0.352 e. The Morgan fingerprint density at radius 2 is 1.94 bits per heavy atom. The van der Waals surface area contributed by atoms with E-state index in [1.54, 1.807) is 42.4 Å². The third-order valence-electron chi connectivity index (χ3n) is 6.02. The van der Waals surface area contributed by atoms with Gasteiger partial charge >= 0.3 is 0 Å². The van der Waals surface area contributed by atoms with Crippen LogP contribution in [0.3, 0.4) is 0 Å². The zero-order valence-corrected chi connectivity index (χ0v) is 19.3. The van der Waals surface area contributed by atoms with Crippen LogP contribution in [-0.4, -0.2) is 49.9 Å². The number of nitrogens with zero attached hydrogens (tertiary/aromatic N) is 4. The summed E-state index contributed by atoms with van der Waals surface area (Å²) in [6.45, 7) is 12.1. The number of piperazine rings is 1. The number of halogens is 1. The molecule has 0 radical (unpaired) electrons. The van der Waals surface area contributed by atoms with Crippen LogP contribution in [0.2, 0.25) is 0 Å². The molecule has 168 valence electrons. The van der Waals surface area contributed by atoms with Gasteiger partial charge in [0.25, 0.3) is 5.91 Å². The first-order valence-electron chi connectivity index (χ1n) is 10.7. The molecule has 1 aromatic carbocycles. The van der Waals surface area contributed by atoms with Crippen molar-refractivity contribution in [1.29, 1.82) is 0 Å². The number of hydrogen-bond acceptors (Lipinski definition) is 4. The van der Waals surface area contributed by atoms with Gasteiger partial charge in [0.05, 0.1) is 11.9 Å². The lowest BCUT2D eigenvalue weighted by atomic mass is 9.87. The van der Waals surface area contributed by atoms with Gasteiger partial charge in [0.2, 0.25) is 5.91 Å². The average molecular weight is 438 g/mol. The van der Waals surface area contributed by atoms with Crippen LogP contribution < -0.4 is 5.32 Å². The van der Waals surface area contributed by atoms with Crippen LogP contribution in [-0.2, 0) is 10.2 Å². The van der Waals surface area contributed by atoms with Crippen LogP contribution in [0.4, 0.5) is 4.39 Å². The van der Waals surface area contributed by atoms with Crippen LogP contribution in [0.25, 0.3) is 16.9 Å². The number of carbonyl (C=O) groups is 2. The molecule has 2 amide bonds. The molecule has 2 aromatic heterocycles. The molecule has 8 heteroatoms. The number of rotatable bonds is 2. The Bertz CT molecular complexity index is 1240. The number of nitrogens with one attached hydrogen (secondary N) is 1. The third kappa shape index (κ3) is 3.63. The summed E-state index contributed by atoms with van der Waals surface area (Å²) in [6, 6.07) is 6.92.